The number of aryl methyl sites for hydroxylation is 1. The molecule has 0 amide bonds. The van der Waals surface area contributed by atoms with Gasteiger partial charge in [0.15, 0.2) is 0 Å². The predicted molar refractivity (Wildman–Crippen MR) is 82.8 cm³/mol. The van der Waals surface area contributed by atoms with Crippen molar-refractivity contribution in [2.45, 2.75) is 77.0 Å². The van der Waals surface area contributed by atoms with E-state index in [0.717, 1.165) is 18.3 Å². The number of unbranched alkanes of at least 4 members (excludes halogenated alkanes) is 1. The fourth-order valence-electron chi connectivity index (χ4n) is 4.40. The van der Waals surface area contributed by atoms with E-state index in [-0.39, 0.29) is 0 Å². The van der Waals surface area contributed by atoms with Gasteiger partial charge < -0.3 is 5.73 Å². The summed E-state index contributed by atoms with van der Waals surface area (Å²) in [4.78, 5) is 9.20. The third-order valence-electron chi connectivity index (χ3n) is 5.24. The Balaban J connectivity index is 1.99. The number of nitrogens with two attached hydrogens (primary N) is 1. The average Bonchev–Trinajstić information content (AvgIpc) is 2.82. The standard InChI is InChI=1S/C17H27N3/c1-3-5-7-13-11(6-4-2)10-12-8-9-14-15(12)16(13)20-17(18)19-14/h11-13H,3-10H2,1-2H3,(H2,18,19,20). The minimum absolute atomic E-state index is 0.498. The van der Waals surface area contributed by atoms with Gasteiger partial charge in [-0.05, 0) is 43.1 Å². The third kappa shape index (κ3) is 2.32. The second-order valence-corrected chi connectivity index (χ2v) is 6.60. The van der Waals surface area contributed by atoms with Crippen LogP contribution in [0, 0.1) is 5.92 Å². The van der Waals surface area contributed by atoms with Gasteiger partial charge in [0.05, 0.1) is 5.69 Å². The Bertz CT molecular complexity index is 483. The summed E-state index contributed by atoms with van der Waals surface area (Å²) in [5.74, 6) is 2.65. The third-order valence-corrected chi connectivity index (χ3v) is 5.24. The van der Waals surface area contributed by atoms with Crippen LogP contribution in [0.5, 0.6) is 0 Å². The summed E-state index contributed by atoms with van der Waals surface area (Å²) in [5.41, 5.74) is 10.0. The number of hydrogen-bond acceptors (Lipinski definition) is 3. The molecular weight excluding hydrogens is 246 g/mol. The Morgan fingerprint density at radius 1 is 1.15 bits per heavy atom. The molecule has 1 aromatic heterocycles. The SMILES string of the molecule is CCCCC1c2nc(N)nc3c2C(CC3)CC1CCC. The minimum atomic E-state index is 0.498. The summed E-state index contributed by atoms with van der Waals surface area (Å²) >= 11 is 0. The summed E-state index contributed by atoms with van der Waals surface area (Å²) in [6.45, 7) is 4.58. The number of aromatic nitrogens is 2. The number of hydrogen-bond donors (Lipinski definition) is 1. The van der Waals surface area contributed by atoms with E-state index in [1.807, 2.05) is 0 Å². The zero-order valence-corrected chi connectivity index (χ0v) is 12.9. The van der Waals surface area contributed by atoms with Gasteiger partial charge >= 0.3 is 0 Å². The zero-order valence-electron chi connectivity index (χ0n) is 12.9. The highest BCUT2D eigenvalue weighted by Crippen LogP contribution is 2.51. The maximum absolute atomic E-state index is 5.96. The van der Waals surface area contributed by atoms with Crippen LogP contribution in [0.25, 0.3) is 0 Å². The van der Waals surface area contributed by atoms with Crippen molar-refractivity contribution in [3.8, 4) is 0 Å². The van der Waals surface area contributed by atoms with Crippen LogP contribution in [0.3, 0.4) is 0 Å². The first-order valence-corrected chi connectivity index (χ1v) is 8.40. The second-order valence-electron chi connectivity index (χ2n) is 6.60. The first-order chi connectivity index (χ1) is 9.74. The molecule has 110 valence electrons. The Hall–Kier alpha value is -1.12. The lowest BCUT2D eigenvalue weighted by atomic mass is 9.70. The minimum Gasteiger partial charge on any atom is -0.368 e. The maximum Gasteiger partial charge on any atom is 0.220 e. The van der Waals surface area contributed by atoms with Crippen molar-refractivity contribution < 1.29 is 0 Å². The topological polar surface area (TPSA) is 51.8 Å². The monoisotopic (exact) mass is 273 g/mol. The van der Waals surface area contributed by atoms with Gasteiger partial charge in [-0.15, -0.1) is 0 Å². The molecular formula is C17H27N3. The quantitative estimate of drug-likeness (QED) is 0.875. The maximum atomic E-state index is 5.96. The molecule has 2 aliphatic rings. The summed E-state index contributed by atoms with van der Waals surface area (Å²) in [5, 5.41) is 0. The van der Waals surface area contributed by atoms with Crippen molar-refractivity contribution in [1.29, 1.82) is 0 Å². The molecule has 3 atom stereocenters. The van der Waals surface area contributed by atoms with Crippen LogP contribution in [0.2, 0.25) is 0 Å². The zero-order chi connectivity index (χ0) is 14.1. The van der Waals surface area contributed by atoms with Gasteiger partial charge in [-0.2, -0.15) is 0 Å². The number of rotatable bonds is 5. The van der Waals surface area contributed by atoms with Crippen molar-refractivity contribution in [2.75, 3.05) is 5.73 Å². The van der Waals surface area contributed by atoms with E-state index in [0.29, 0.717) is 11.9 Å². The molecule has 2 aliphatic carbocycles. The molecule has 0 spiro atoms. The Labute approximate surface area is 122 Å². The van der Waals surface area contributed by atoms with Crippen LogP contribution in [-0.4, -0.2) is 9.97 Å². The van der Waals surface area contributed by atoms with E-state index >= 15 is 0 Å². The highest BCUT2D eigenvalue weighted by molar-refractivity contribution is 5.42. The molecule has 0 fully saturated rings. The summed E-state index contributed by atoms with van der Waals surface area (Å²) < 4.78 is 0. The van der Waals surface area contributed by atoms with E-state index in [4.69, 9.17) is 10.7 Å². The smallest absolute Gasteiger partial charge is 0.220 e. The van der Waals surface area contributed by atoms with Crippen molar-refractivity contribution >= 4 is 5.95 Å². The van der Waals surface area contributed by atoms with Gasteiger partial charge in [-0.1, -0.05) is 39.5 Å². The molecule has 1 heterocycles. The Kier molecular flexibility index (Phi) is 3.95. The van der Waals surface area contributed by atoms with Crippen LogP contribution in [0.4, 0.5) is 5.95 Å². The van der Waals surface area contributed by atoms with E-state index in [9.17, 15) is 0 Å². The molecule has 0 aliphatic heterocycles. The van der Waals surface area contributed by atoms with E-state index in [2.05, 4.69) is 18.8 Å². The Morgan fingerprint density at radius 2 is 2.00 bits per heavy atom. The molecule has 0 radical (unpaired) electrons. The summed E-state index contributed by atoms with van der Waals surface area (Å²) in [6, 6.07) is 0. The van der Waals surface area contributed by atoms with Crippen molar-refractivity contribution in [3.05, 3.63) is 17.0 Å². The molecule has 3 rings (SSSR count). The molecule has 0 aromatic carbocycles. The van der Waals surface area contributed by atoms with E-state index in [1.165, 1.54) is 61.9 Å². The second kappa shape index (κ2) is 5.71. The molecule has 0 saturated heterocycles. The highest BCUT2D eigenvalue weighted by atomic mass is 15.0. The molecule has 3 unspecified atom stereocenters. The summed E-state index contributed by atoms with van der Waals surface area (Å²) in [7, 11) is 0. The first-order valence-electron chi connectivity index (χ1n) is 8.40. The Morgan fingerprint density at radius 3 is 2.75 bits per heavy atom. The van der Waals surface area contributed by atoms with Crippen molar-refractivity contribution in [2.24, 2.45) is 5.92 Å². The number of nitrogen functional groups attached to an aromatic ring is 1. The fraction of sp³-hybridized carbons (Fsp3) is 0.765. The first kappa shape index (κ1) is 13.8. The van der Waals surface area contributed by atoms with E-state index in [1.54, 1.807) is 0 Å². The van der Waals surface area contributed by atoms with E-state index < -0.39 is 0 Å². The molecule has 0 saturated carbocycles. The van der Waals surface area contributed by atoms with Gasteiger partial charge in [0, 0.05) is 11.6 Å². The molecule has 20 heavy (non-hydrogen) atoms. The lowest BCUT2D eigenvalue weighted by Gasteiger charge is -2.36. The van der Waals surface area contributed by atoms with Gasteiger partial charge in [0.1, 0.15) is 0 Å². The highest BCUT2D eigenvalue weighted by Gasteiger charge is 2.39. The van der Waals surface area contributed by atoms with Gasteiger partial charge in [-0.3, -0.25) is 0 Å². The molecule has 2 N–H and O–H groups in total. The number of anilines is 1. The van der Waals surface area contributed by atoms with Crippen LogP contribution in [-0.2, 0) is 6.42 Å². The summed E-state index contributed by atoms with van der Waals surface area (Å²) in [6.07, 6.45) is 10.2. The van der Waals surface area contributed by atoms with Crippen LogP contribution >= 0.6 is 0 Å². The lowest BCUT2D eigenvalue weighted by molar-refractivity contribution is 0.292. The van der Waals surface area contributed by atoms with Crippen LogP contribution in [0.15, 0.2) is 0 Å². The van der Waals surface area contributed by atoms with Gasteiger partial charge in [0.25, 0.3) is 0 Å². The molecule has 3 heteroatoms. The van der Waals surface area contributed by atoms with Crippen molar-refractivity contribution in [1.82, 2.24) is 9.97 Å². The average molecular weight is 273 g/mol. The lowest BCUT2D eigenvalue weighted by Crippen LogP contribution is -2.25. The van der Waals surface area contributed by atoms with Gasteiger partial charge in [0.2, 0.25) is 5.95 Å². The van der Waals surface area contributed by atoms with Crippen molar-refractivity contribution in [3.63, 3.8) is 0 Å². The molecule has 3 nitrogen and oxygen atoms in total. The largest absolute Gasteiger partial charge is 0.368 e. The fourth-order valence-corrected chi connectivity index (χ4v) is 4.40. The van der Waals surface area contributed by atoms with Crippen LogP contribution < -0.4 is 5.73 Å². The van der Waals surface area contributed by atoms with Crippen LogP contribution in [0.1, 0.15) is 87.6 Å². The van der Waals surface area contributed by atoms with Gasteiger partial charge in [-0.25, -0.2) is 9.97 Å². The normalized spacial score (nSPS) is 27.6. The molecule has 1 aromatic rings. The predicted octanol–water partition coefficient (Wildman–Crippen LogP) is 4.18. The molecule has 0 bridgehead atoms. The number of nitrogens with zero attached hydrogens (tertiary/aromatic N) is 2.